The summed E-state index contributed by atoms with van der Waals surface area (Å²) in [6.45, 7) is 0. The molecule has 0 nitrogen and oxygen atoms in total. The minimum Gasteiger partial charge on any atom is -0.125 e. The second-order valence-electron chi connectivity index (χ2n) is 1.30. The topological polar surface area (TPSA) is 0 Å². The van der Waals surface area contributed by atoms with Crippen LogP contribution in [-0.4, -0.2) is 17.1 Å². The van der Waals surface area contributed by atoms with Crippen LogP contribution in [0.3, 0.4) is 0 Å². The Bertz CT molecular complexity index is 93.1. The quantitative estimate of drug-likeness (QED) is 0.649. The average Bonchev–Trinajstić information content (AvgIpc) is 2.04. The van der Waals surface area contributed by atoms with E-state index in [-0.39, 0.29) is 9.87 Å². The fourth-order valence-electron chi connectivity index (χ4n) is 0.0412. The Morgan fingerprint density at radius 1 is 1.18 bits per heavy atom. The molecule has 0 aliphatic heterocycles. The van der Waals surface area contributed by atoms with E-state index in [0.29, 0.717) is 11.8 Å². The van der Waals surface area contributed by atoms with Crippen molar-refractivity contribution in [2.75, 3.05) is 11.8 Å². The molecule has 0 atom stereocenters. The van der Waals surface area contributed by atoms with Gasteiger partial charge in [-0.05, 0) is 0 Å². The highest BCUT2D eigenvalue weighted by Crippen LogP contribution is 2.05. The first-order chi connectivity index (χ1) is 5.08. The Morgan fingerprint density at radius 3 is 1.45 bits per heavy atom. The Labute approximate surface area is 96.3 Å². The van der Waals surface area contributed by atoms with Gasteiger partial charge < -0.3 is 0 Å². The molecule has 0 aliphatic rings. The van der Waals surface area contributed by atoms with Gasteiger partial charge in [0.05, 0.1) is 5.38 Å². The molecule has 0 aliphatic carbocycles. The molecule has 0 aromatic rings. The molecular weight excluding hydrogens is 273 g/mol. The molecule has 0 aromatic heterocycles. The van der Waals surface area contributed by atoms with E-state index in [1.807, 2.05) is 0 Å². The van der Waals surface area contributed by atoms with Gasteiger partial charge in [-0.15, -0.1) is 34.8 Å². The third-order valence-electron chi connectivity index (χ3n) is 0.417. The van der Waals surface area contributed by atoms with E-state index in [9.17, 15) is 0 Å². The normalized spacial score (nSPS) is 8.64. The highest BCUT2D eigenvalue weighted by atomic mass is 35.5. The van der Waals surface area contributed by atoms with E-state index < -0.39 is 0 Å². The molecule has 6 heteroatoms. The highest BCUT2D eigenvalue weighted by molar-refractivity contribution is 6.58. The summed E-state index contributed by atoms with van der Waals surface area (Å²) < 4.78 is 0.0895. The molecule has 0 heterocycles. The van der Waals surface area contributed by atoms with Gasteiger partial charge >= 0.3 is 0 Å². The summed E-state index contributed by atoms with van der Waals surface area (Å²) in [5.74, 6) is 0.871. The fourth-order valence-corrected chi connectivity index (χ4v) is 0.371. The van der Waals surface area contributed by atoms with Crippen LogP contribution in [0.4, 0.5) is 0 Å². The Balaban J connectivity index is 0. The Morgan fingerprint density at radius 2 is 1.45 bits per heavy atom. The molecule has 0 unspecified atom stereocenters. The predicted octanol–water partition coefficient (Wildman–Crippen LogP) is 4.57. The number of halogens is 6. The molecule has 0 radical (unpaired) electrons. The zero-order valence-electron chi connectivity index (χ0n) is 5.34. The lowest BCUT2D eigenvalue weighted by molar-refractivity contribution is 1.12. The number of hydrogen-bond acceptors (Lipinski definition) is 0. The number of rotatable bonds is 2. The van der Waals surface area contributed by atoms with Gasteiger partial charge in [-0.25, -0.2) is 0 Å². The summed E-state index contributed by atoms with van der Waals surface area (Å²) in [5, 5.41) is -0.0617. The van der Waals surface area contributed by atoms with Gasteiger partial charge in [0.2, 0.25) is 0 Å². The summed E-state index contributed by atoms with van der Waals surface area (Å²) in [5.41, 5.74) is 1.09. The second-order valence-corrected chi connectivity index (χ2v) is 3.77. The van der Waals surface area contributed by atoms with Crippen molar-refractivity contribution in [2.45, 2.75) is 5.38 Å². The van der Waals surface area contributed by atoms with Gasteiger partial charge in [0, 0.05) is 17.3 Å². The lowest BCUT2D eigenvalue weighted by Crippen LogP contribution is -1.99. The molecule has 0 rings (SSSR count). The van der Waals surface area contributed by atoms with Crippen molar-refractivity contribution in [3.63, 3.8) is 0 Å². The van der Waals surface area contributed by atoms with Gasteiger partial charge in [-0.3, -0.25) is 0 Å². The van der Waals surface area contributed by atoms with Crippen molar-refractivity contribution in [1.29, 1.82) is 0 Å². The first-order valence-corrected chi connectivity index (χ1v) is 5.15. The summed E-state index contributed by atoms with van der Waals surface area (Å²) in [6.07, 6.45) is 0. The van der Waals surface area contributed by atoms with Crippen molar-refractivity contribution in [1.82, 2.24) is 0 Å². The van der Waals surface area contributed by atoms with Crippen LogP contribution in [0.2, 0.25) is 0 Å². The maximum absolute atomic E-state index is 5.39. The lowest BCUT2D eigenvalue weighted by atomic mass is 10.6. The van der Waals surface area contributed by atoms with Crippen LogP contribution >= 0.6 is 69.6 Å². The molecule has 0 N–H and O–H groups in total. The van der Waals surface area contributed by atoms with Gasteiger partial charge in [-0.1, -0.05) is 34.8 Å². The summed E-state index contributed by atoms with van der Waals surface area (Å²) in [6, 6.07) is 0. The molecule has 0 spiro atoms. The number of hydrogen-bond donors (Lipinski definition) is 0. The molecule has 0 amide bonds. The van der Waals surface area contributed by atoms with E-state index in [1.165, 1.54) is 0 Å². The lowest BCUT2D eigenvalue weighted by Gasteiger charge is -1.92. The van der Waals surface area contributed by atoms with Crippen LogP contribution in [0.15, 0.2) is 10.0 Å². The van der Waals surface area contributed by atoms with E-state index >= 15 is 0 Å². The molecule has 0 aromatic carbocycles. The van der Waals surface area contributed by atoms with Gasteiger partial charge in [0.1, 0.15) is 4.49 Å². The smallest absolute Gasteiger partial charge is 0.118 e. The van der Waals surface area contributed by atoms with Crippen molar-refractivity contribution >= 4 is 69.6 Å². The SMILES string of the molecule is ClC=C(Cl)Cl.ClCC(Cl)CCl. The van der Waals surface area contributed by atoms with Gasteiger partial charge in [0.15, 0.2) is 0 Å². The molecule has 11 heavy (non-hydrogen) atoms. The molecule has 0 saturated carbocycles. The van der Waals surface area contributed by atoms with Crippen LogP contribution in [0.5, 0.6) is 0 Å². The molecular formula is C5H6Cl6. The van der Waals surface area contributed by atoms with Gasteiger partial charge in [-0.2, -0.15) is 0 Å². The minimum atomic E-state index is -0.0617. The van der Waals surface area contributed by atoms with Crippen LogP contribution in [-0.2, 0) is 0 Å². The fraction of sp³-hybridized carbons (Fsp3) is 0.600. The monoisotopic (exact) mass is 276 g/mol. The zero-order valence-corrected chi connectivity index (χ0v) is 9.87. The van der Waals surface area contributed by atoms with E-state index in [4.69, 9.17) is 69.6 Å². The highest BCUT2D eigenvalue weighted by Gasteiger charge is 1.95. The summed E-state index contributed by atoms with van der Waals surface area (Å²) >= 11 is 30.7. The Hall–Kier alpha value is 1.48. The van der Waals surface area contributed by atoms with Crippen molar-refractivity contribution < 1.29 is 0 Å². The summed E-state index contributed by atoms with van der Waals surface area (Å²) in [4.78, 5) is 0. The summed E-state index contributed by atoms with van der Waals surface area (Å²) in [7, 11) is 0. The predicted molar refractivity (Wildman–Crippen MR) is 56.7 cm³/mol. The van der Waals surface area contributed by atoms with Crippen LogP contribution in [0.1, 0.15) is 0 Å². The van der Waals surface area contributed by atoms with Crippen LogP contribution in [0, 0.1) is 0 Å². The van der Waals surface area contributed by atoms with E-state index in [1.54, 1.807) is 0 Å². The molecule has 0 saturated heterocycles. The van der Waals surface area contributed by atoms with Gasteiger partial charge in [0.25, 0.3) is 0 Å². The minimum absolute atomic E-state index is 0.0617. The maximum Gasteiger partial charge on any atom is 0.118 e. The second kappa shape index (κ2) is 11.5. The van der Waals surface area contributed by atoms with Crippen molar-refractivity contribution in [3.05, 3.63) is 10.0 Å². The van der Waals surface area contributed by atoms with Crippen LogP contribution < -0.4 is 0 Å². The first-order valence-electron chi connectivity index (χ1n) is 2.45. The number of alkyl halides is 3. The third-order valence-corrected chi connectivity index (χ3v) is 2.45. The van der Waals surface area contributed by atoms with Crippen molar-refractivity contribution in [2.24, 2.45) is 0 Å². The van der Waals surface area contributed by atoms with Crippen molar-refractivity contribution in [3.8, 4) is 0 Å². The maximum atomic E-state index is 5.39. The molecule has 68 valence electrons. The molecule has 0 fully saturated rings. The first kappa shape index (κ1) is 15.0. The third kappa shape index (κ3) is 18.4. The Kier molecular flexibility index (Phi) is 15.6. The zero-order chi connectivity index (χ0) is 9.28. The largest absolute Gasteiger partial charge is 0.125 e. The van der Waals surface area contributed by atoms with E-state index in [0.717, 1.165) is 5.54 Å². The van der Waals surface area contributed by atoms with E-state index in [2.05, 4.69) is 0 Å². The molecule has 0 bridgehead atoms. The standard InChI is InChI=1S/C3H5Cl3.C2HCl3/c4-1-3(6)2-5;3-1-2(4)5/h3H,1-2H2;1H. The van der Waals surface area contributed by atoms with Crippen LogP contribution in [0.25, 0.3) is 0 Å². The average molecular weight is 279 g/mol.